The van der Waals surface area contributed by atoms with Crippen LogP contribution in [0.4, 0.5) is 0 Å². The minimum absolute atomic E-state index is 0.304. The number of amides is 1. The molecule has 1 aromatic rings. The third-order valence-corrected chi connectivity index (χ3v) is 5.79. The van der Waals surface area contributed by atoms with Crippen LogP contribution in [-0.4, -0.2) is 52.5 Å². The van der Waals surface area contributed by atoms with E-state index in [4.69, 9.17) is 0 Å². The highest BCUT2D eigenvalue weighted by atomic mass is 16.3. The second-order valence-electron chi connectivity index (χ2n) is 7.57. The number of hydrogen-bond acceptors (Lipinski definition) is 3. The number of phenolic OH excluding ortho intramolecular Hbond substituents is 1. The van der Waals surface area contributed by atoms with Crippen molar-refractivity contribution in [3.8, 4) is 5.75 Å². The Kier molecular flexibility index (Phi) is 5.44. The summed E-state index contributed by atoms with van der Waals surface area (Å²) in [5.74, 6) is 1.18. The van der Waals surface area contributed by atoms with E-state index in [2.05, 4.69) is 23.6 Å². The Balaban J connectivity index is 1.51. The van der Waals surface area contributed by atoms with Crippen LogP contribution in [0.15, 0.2) is 24.3 Å². The summed E-state index contributed by atoms with van der Waals surface area (Å²) in [4.78, 5) is 17.2. The Bertz CT molecular complexity index is 539. The Morgan fingerprint density at radius 2 is 1.62 bits per heavy atom. The van der Waals surface area contributed by atoms with Gasteiger partial charge < -0.3 is 10.0 Å². The zero-order valence-corrected chi connectivity index (χ0v) is 14.9. The summed E-state index contributed by atoms with van der Waals surface area (Å²) in [5, 5.41) is 9.41. The second-order valence-corrected chi connectivity index (χ2v) is 7.57. The predicted molar refractivity (Wildman–Crippen MR) is 96.1 cm³/mol. The van der Waals surface area contributed by atoms with Crippen LogP contribution in [-0.2, 0) is 4.79 Å². The smallest absolute Gasteiger partial charge is 0.237 e. The Morgan fingerprint density at radius 3 is 2.21 bits per heavy atom. The zero-order valence-electron chi connectivity index (χ0n) is 14.9. The third-order valence-electron chi connectivity index (χ3n) is 5.79. The maximum Gasteiger partial charge on any atom is 0.237 e. The van der Waals surface area contributed by atoms with E-state index in [0.29, 0.717) is 36.2 Å². The fourth-order valence-electron chi connectivity index (χ4n) is 4.36. The molecule has 0 radical (unpaired) electrons. The van der Waals surface area contributed by atoms with Gasteiger partial charge in [0.1, 0.15) is 5.75 Å². The normalized spacial score (nSPS) is 26.5. The minimum Gasteiger partial charge on any atom is -0.508 e. The average Bonchev–Trinajstić information content (AvgIpc) is 2.56. The fraction of sp³-hybridized carbons (Fsp3) is 0.650. The fourth-order valence-corrected chi connectivity index (χ4v) is 4.36. The summed E-state index contributed by atoms with van der Waals surface area (Å²) < 4.78 is 0. The molecule has 2 saturated heterocycles. The molecule has 24 heavy (non-hydrogen) atoms. The molecule has 0 unspecified atom stereocenters. The molecule has 4 heteroatoms. The summed E-state index contributed by atoms with van der Waals surface area (Å²) in [6.45, 7) is 6.90. The van der Waals surface area contributed by atoms with Crippen LogP contribution in [0.25, 0.3) is 0 Å². The molecule has 4 nitrogen and oxygen atoms in total. The predicted octanol–water partition coefficient (Wildman–Crippen LogP) is 3.36. The van der Waals surface area contributed by atoms with Gasteiger partial charge in [-0.15, -0.1) is 0 Å². The number of rotatable bonds is 3. The van der Waals surface area contributed by atoms with E-state index >= 15 is 0 Å². The first-order valence-electron chi connectivity index (χ1n) is 9.37. The molecule has 0 aromatic heterocycles. The summed E-state index contributed by atoms with van der Waals surface area (Å²) in [6.07, 6.45) is 5.69. The van der Waals surface area contributed by atoms with E-state index < -0.39 is 0 Å². The van der Waals surface area contributed by atoms with Gasteiger partial charge in [0.2, 0.25) is 5.91 Å². The van der Waals surface area contributed by atoms with Gasteiger partial charge in [-0.25, -0.2) is 0 Å². The van der Waals surface area contributed by atoms with Gasteiger partial charge in [0.25, 0.3) is 0 Å². The third kappa shape index (κ3) is 3.92. The van der Waals surface area contributed by atoms with Crippen molar-refractivity contribution in [1.29, 1.82) is 0 Å². The zero-order chi connectivity index (χ0) is 17.1. The van der Waals surface area contributed by atoms with E-state index in [0.717, 1.165) is 38.8 Å². The molecule has 0 spiro atoms. The maximum absolute atomic E-state index is 12.7. The van der Waals surface area contributed by atoms with E-state index in [-0.39, 0.29) is 0 Å². The molecule has 0 saturated carbocycles. The van der Waals surface area contributed by atoms with Crippen molar-refractivity contribution >= 4 is 5.91 Å². The summed E-state index contributed by atoms with van der Waals surface area (Å²) >= 11 is 0. The average molecular weight is 330 g/mol. The maximum atomic E-state index is 12.7. The van der Waals surface area contributed by atoms with E-state index in [1.807, 2.05) is 12.1 Å². The first-order valence-corrected chi connectivity index (χ1v) is 9.37. The molecule has 1 N–H and O–H groups in total. The monoisotopic (exact) mass is 330 g/mol. The lowest BCUT2D eigenvalue weighted by atomic mass is 9.89. The lowest BCUT2D eigenvalue weighted by Gasteiger charge is -2.41. The Hall–Kier alpha value is -1.55. The number of likely N-dealkylation sites (tertiary alicyclic amines) is 2. The highest BCUT2D eigenvalue weighted by Crippen LogP contribution is 2.29. The van der Waals surface area contributed by atoms with Crippen molar-refractivity contribution in [3.63, 3.8) is 0 Å². The van der Waals surface area contributed by atoms with Crippen molar-refractivity contribution < 1.29 is 9.90 Å². The van der Waals surface area contributed by atoms with Gasteiger partial charge in [0.05, 0.1) is 6.54 Å². The standard InChI is InChI=1S/C20H30N2O2/c1-15-4-3-5-16(2)22(15)20(24)14-21-12-10-18(11-13-21)17-6-8-19(23)9-7-17/h6-9,15-16,18,23H,3-5,10-14H2,1-2H3/t15-,16-/m0/s1. The first kappa shape index (κ1) is 17.3. The van der Waals surface area contributed by atoms with Gasteiger partial charge in [-0.05, 0) is 82.7 Å². The quantitative estimate of drug-likeness (QED) is 0.924. The number of benzene rings is 1. The molecule has 2 heterocycles. The van der Waals surface area contributed by atoms with Crippen LogP contribution >= 0.6 is 0 Å². The van der Waals surface area contributed by atoms with Crippen molar-refractivity contribution in [2.45, 2.75) is 64.0 Å². The van der Waals surface area contributed by atoms with Crippen molar-refractivity contribution in [3.05, 3.63) is 29.8 Å². The van der Waals surface area contributed by atoms with Gasteiger partial charge in [0, 0.05) is 12.1 Å². The molecule has 2 aliphatic rings. The number of phenols is 1. The molecule has 3 rings (SSSR count). The molecular weight excluding hydrogens is 300 g/mol. The molecule has 132 valence electrons. The van der Waals surface area contributed by atoms with Crippen LogP contribution in [0, 0.1) is 0 Å². The van der Waals surface area contributed by atoms with Crippen molar-refractivity contribution in [1.82, 2.24) is 9.80 Å². The number of hydrogen-bond donors (Lipinski definition) is 1. The number of carbonyl (C=O) groups excluding carboxylic acids is 1. The van der Waals surface area contributed by atoms with Gasteiger partial charge in [-0.2, -0.15) is 0 Å². The highest BCUT2D eigenvalue weighted by Gasteiger charge is 2.30. The molecular formula is C20H30N2O2. The van der Waals surface area contributed by atoms with Crippen LogP contribution in [0.5, 0.6) is 5.75 Å². The van der Waals surface area contributed by atoms with Crippen LogP contribution in [0.1, 0.15) is 57.4 Å². The van der Waals surface area contributed by atoms with E-state index in [1.54, 1.807) is 12.1 Å². The van der Waals surface area contributed by atoms with Crippen molar-refractivity contribution in [2.24, 2.45) is 0 Å². The number of piperidine rings is 2. The van der Waals surface area contributed by atoms with Crippen LogP contribution in [0.3, 0.4) is 0 Å². The second kappa shape index (κ2) is 7.56. The SMILES string of the molecule is C[C@H]1CCC[C@H](C)N1C(=O)CN1CCC(c2ccc(O)cc2)CC1. The van der Waals surface area contributed by atoms with Gasteiger partial charge >= 0.3 is 0 Å². The largest absolute Gasteiger partial charge is 0.508 e. The molecule has 0 aliphatic carbocycles. The van der Waals surface area contributed by atoms with Crippen molar-refractivity contribution in [2.75, 3.05) is 19.6 Å². The van der Waals surface area contributed by atoms with E-state index in [9.17, 15) is 9.90 Å². The molecule has 0 bridgehead atoms. The number of nitrogens with zero attached hydrogens (tertiary/aromatic N) is 2. The lowest BCUT2D eigenvalue weighted by molar-refractivity contribution is -0.138. The highest BCUT2D eigenvalue weighted by molar-refractivity contribution is 5.79. The van der Waals surface area contributed by atoms with Crippen LogP contribution < -0.4 is 0 Å². The Labute approximate surface area is 145 Å². The van der Waals surface area contributed by atoms with Gasteiger partial charge in [-0.1, -0.05) is 12.1 Å². The van der Waals surface area contributed by atoms with Crippen LogP contribution in [0.2, 0.25) is 0 Å². The molecule has 1 amide bonds. The summed E-state index contributed by atoms with van der Waals surface area (Å²) in [5.41, 5.74) is 1.30. The lowest BCUT2D eigenvalue weighted by Crippen LogP contribution is -2.51. The summed E-state index contributed by atoms with van der Waals surface area (Å²) in [6, 6.07) is 8.36. The molecule has 2 fully saturated rings. The minimum atomic E-state index is 0.304. The molecule has 1 aromatic carbocycles. The Morgan fingerprint density at radius 1 is 1.04 bits per heavy atom. The van der Waals surface area contributed by atoms with E-state index in [1.165, 1.54) is 12.0 Å². The molecule has 2 atom stereocenters. The van der Waals surface area contributed by atoms with Gasteiger partial charge in [-0.3, -0.25) is 9.69 Å². The van der Waals surface area contributed by atoms with Gasteiger partial charge in [0.15, 0.2) is 0 Å². The number of aromatic hydroxyl groups is 1. The first-order chi connectivity index (χ1) is 11.5. The molecule has 2 aliphatic heterocycles. The summed E-state index contributed by atoms with van der Waals surface area (Å²) in [7, 11) is 0. The topological polar surface area (TPSA) is 43.8 Å². The number of carbonyl (C=O) groups is 1.